The molecule has 6 heteroatoms. The van der Waals surface area contributed by atoms with Crippen LogP contribution in [-0.4, -0.2) is 36.3 Å². The highest BCUT2D eigenvalue weighted by molar-refractivity contribution is 7.12. The molecule has 0 bridgehead atoms. The summed E-state index contributed by atoms with van der Waals surface area (Å²) in [5.41, 5.74) is 2.06. The van der Waals surface area contributed by atoms with E-state index in [-0.39, 0.29) is 11.8 Å². The zero-order valence-corrected chi connectivity index (χ0v) is 15.7. The van der Waals surface area contributed by atoms with E-state index in [1.807, 2.05) is 29.6 Å². The third-order valence-electron chi connectivity index (χ3n) is 4.50. The topological polar surface area (TPSA) is 61.4 Å². The molecule has 1 aliphatic heterocycles. The molecule has 0 saturated carbocycles. The Hall–Kier alpha value is -2.18. The minimum atomic E-state index is -0.0728. The van der Waals surface area contributed by atoms with Gasteiger partial charge in [0.1, 0.15) is 0 Å². The number of amides is 2. The van der Waals surface area contributed by atoms with Crippen LogP contribution in [0.1, 0.15) is 40.9 Å². The number of benzene rings is 1. The van der Waals surface area contributed by atoms with E-state index in [0.29, 0.717) is 24.3 Å². The average molecular weight is 372 g/mol. The summed E-state index contributed by atoms with van der Waals surface area (Å²) in [7, 11) is 0. The van der Waals surface area contributed by atoms with Crippen LogP contribution in [0.2, 0.25) is 0 Å². The fourth-order valence-electron chi connectivity index (χ4n) is 3.12. The van der Waals surface area contributed by atoms with Gasteiger partial charge in [0, 0.05) is 25.2 Å². The van der Waals surface area contributed by atoms with E-state index in [0.717, 1.165) is 30.9 Å². The van der Waals surface area contributed by atoms with Gasteiger partial charge < -0.3 is 10.6 Å². The summed E-state index contributed by atoms with van der Waals surface area (Å²) in [5, 5.41) is 7.75. The standard InChI is InChI=1S/C20H25N3O2S/c24-19(10-5-11-21-20(25)18-9-6-14-26-18)22-17-8-2-1-7-16(17)15-23-12-3-4-13-23/h1-2,6-9,14H,3-5,10-13,15H2,(H,21,25)(H,22,24). The first-order valence-corrected chi connectivity index (χ1v) is 10.0. The van der Waals surface area contributed by atoms with Crippen molar-refractivity contribution >= 4 is 28.8 Å². The highest BCUT2D eigenvalue weighted by Gasteiger charge is 2.14. The van der Waals surface area contributed by atoms with Crippen LogP contribution in [0.25, 0.3) is 0 Å². The van der Waals surface area contributed by atoms with Crippen molar-refractivity contribution in [1.29, 1.82) is 0 Å². The number of carbonyl (C=O) groups excluding carboxylic acids is 2. The number of rotatable bonds is 8. The number of hydrogen-bond acceptors (Lipinski definition) is 4. The van der Waals surface area contributed by atoms with Gasteiger partial charge in [-0.15, -0.1) is 11.3 Å². The Bertz CT molecular complexity index is 724. The highest BCUT2D eigenvalue weighted by atomic mass is 32.1. The monoisotopic (exact) mass is 371 g/mol. The van der Waals surface area contributed by atoms with Gasteiger partial charge in [0.15, 0.2) is 0 Å². The molecule has 0 unspecified atom stereocenters. The van der Waals surface area contributed by atoms with Crippen LogP contribution >= 0.6 is 11.3 Å². The molecule has 138 valence electrons. The zero-order valence-electron chi connectivity index (χ0n) is 14.9. The number of hydrogen-bond donors (Lipinski definition) is 2. The van der Waals surface area contributed by atoms with Gasteiger partial charge in [0.05, 0.1) is 4.88 Å². The molecule has 0 atom stereocenters. The van der Waals surface area contributed by atoms with Gasteiger partial charge in [-0.2, -0.15) is 0 Å². The van der Waals surface area contributed by atoms with Crippen molar-refractivity contribution in [1.82, 2.24) is 10.2 Å². The van der Waals surface area contributed by atoms with Crippen LogP contribution < -0.4 is 10.6 Å². The Morgan fingerprint density at radius 2 is 1.88 bits per heavy atom. The number of anilines is 1. The van der Waals surface area contributed by atoms with E-state index in [1.165, 1.54) is 24.2 Å². The molecular weight excluding hydrogens is 346 g/mol. The first kappa shape index (κ1) is 18.6. The van der Waals surface area contributed by atoms with Crippen molar-refractivity contribution in [3.05, 3.63) is 52.2 Å². The van der Waals surface area contributed by atoms with Crippen molar-refractivity contribution in [2.45, 2.75) is 32.2 Å². The van der Waals surface area contributed by atoms with Crippen molar-refractivity contribution in [2.75, 3.05) is 25.0 Å². The lowest BCUT2D eigenvalue weighted by Gasteiger charge is -2.17. The van der Waals surface area contributed by atoms with Gasteiger partial charge in [-0.1, -0.05) is 24.3 Å². The van der Waals surface area contributed by atoms with Crippen LogP contribution in [0.4, 0.5) is 5.69 Å². The lowest BCUT2D eigenvalue weighted by atomic mass is 10.1. The molecule has 1 saturated heterocycles. The van der Waals surface area contributed by atoms with Crippen molar-refractivity contribution in [3.63, 3.8) is 0 Å². The quantitative estimate of drug-likeness (QED) is 0.698. The molecule has 2 amide bonds. The summed E-state index contributed by atoms with van der Waals surface area (Å²) in [6, 6.07) is 11.7. The minimum absolute atomic E-state index is 0.00996. The second-order valence-electron chi connectivity index (χ2n) is 6.53. The molecule has 2 N–H and O–H groups in total. The Morgan fingerprint density at radius 3 is 2.65 bits per heavy atom. The molecule has 3 rings (SSSR count). The maximum atomic E-state index is 12.2. The van der Waals surface area contributed by atoms with Gasteiger partial charge in [-0.05, 0) is 55.4 Å². The fraction of sp³-hybridized carbons (Fsp3) is 0.400. The van der Waals surface area contributed by atoms with E-state index in [1.54, 1.807) is 6.07 Å². The minimum Gasteiger partial charge on any atom is -0.351 e. The van der Waals surface area contributed by atoms with Crippen LogP contribution in [0.3, 0.4) is 0 Å². The first-order valence-electron chi connectivity index (χ1n) is 9.14. The average Bonchev–Trinajstić information content (AvgIpc) is 3.34. The van der Waals surface area contributed by atoms with Crippen molar-refractivity contribution < 1.29 is 9.59 Å². The maximum Gasteiger partial charge on any atom is 0.261 e. The predicted molar refractivity (Wildman–Crippen MR) is 105 cm³/mol. The first-order chi connectivity index (χ1) is 12.7. The van der Waals surface area contributed by atoms with E-state index in [9.17, 15) is 9.59 Å². The summed E-state index contributed by atoms with van der Waals surface area (Å²) < 4.78 is 0. The van der Waals surface area contributed by atoms with Gasteiger partial charge in [-0.25, -0.2) is 0 Å². The third-order valence-corrected chi connectivity index (χ3v) is 5.36. The van der Waals surface area contributed by atoms with Crippen LogP contribution in [0.15, 0.2) is 41.8 Å². The van der Waals surface area contributed by atoms with Gasteiger partial charge >= 0.3 is 0 Å². The molecule has 1 aliphatic rings. The second-order valence-corrected chi connectivity index (χ2v) is 7.47. The molecule has 0 radical (unpaired) electrons. The number of carbonyl (C=O) groups is 2. The number of nitrogens with zero attached hydrogens (tertiary/aromatic N) is 1. The summed E-state index contributed by atoms with van der Waals surface area (Å²) in [5.74, 6) is -0.0828. The number of nitrogens with one attached hydrogen (secondary N) is 2. The normalized spacial score (nSPS) is 14.3. The van der Waals surface area contributed by atoms with E-state index in [4.69, 9.17) is 0 Å². The number of para-hydroxylation sites is 1. The molecule has 0 aliphatic carbocycles. The van der Waals surface area contributed by atoms with Crippen LogP contribution in [0.5, 0.6) is 0 Å². The summed E-state index contributed by atoms with van der Waals surface area (Å²) >= 11 is 1.42. The predicted octanol–water partition coefficient (Wildman–Crippen LogP) is 3.49. The second kappa shape index (κ2) is 9.50. The smallest absolute Gasteiger partial charge is 0.261 e. The van der Waals surface area contributed by atoms with Crippen molar-refractivity contribution in [2.24, 2.45) is 0 Å². The molecule has 0 spiro atoms. The lowest BCUT2D eigenvalue weighted by Crippen LogP contribution is -2.25. The maximum absolute atomic E-state index is 12.2. The molecule has 2 aromatic rings. The van der Waals surface area contributed by atoms with E-state index >= 15 is 0 Å². The Balaban J connectivity index is 1.42. The number of thiophene rings is 1. The molecule has 2 heterocycles. The Labute approximate surface area is 158 Å². The Morgan fingerprint density at radius 1 is 1.08 bits per heavy atom. The molecule has 5 nitrogen and oxygen atoms in total. The highest BCUT2D eigenvalue weighted by Crippen LogP contribution is 2.20. The third kappa shape index (κ3) is 5.41. The van der Waals surface area contributed by atoms with Gasteiger partial charge in [0.2, 0.25) is 5.91 Å². The molecule has 26 heavy (non-hydrogen) atoms. The Kier molecular flexibility index (Phi) is 6.80. The molecule has 1 fully saturated rings. The molecule has 1 aromatic carbocycles. The SMILES string of the molecule is O=C(CCCNC(=O)c1cccs1)Nc1ccccc1CN1CCCC1. The zero-order chi connectivity index (χ0) is 18.2. The summed E-state index contributed by atoms with van der Waals surface area (Å²) in [6.07, 6.45) is 3.53. The molecular formula is C20H25N3O2S. The van der Waals surface area contributed by atoms with E-state index in [2.05, 4.69) is 21.6 Å². The number of likely N-dealkylation sites (tertiary alicyclic amines) is 1. The lowest BCUT2D eigenvalue weighted by molar-refractivity contribution is -0.116. The molecule has 1 aromatic heterocycles. The van der Waals surface area contributed by atoms with Gasteiger partial charge in [-0.3, -0.25) is 14.5 Å². The van der Waals surface area contributed by atoms with E-state index < -0.39 is 0 Å². The summed E-state index contributed by atoms with van der Waals surface area (Å²) in [4.78, 5) is 27.2. The van der Waals surface area contributed by atoms with Crippen LogP contribution in [0, 0.1) is 0 Å². The van der Waals surface area contributed by atoms with Crippen LogP contribution in [-0.2, 0) is 11.3 Å². The summed E-state index contributed by atoms with van der Waals surface area (Å²) in [6.45, 7) is 3.64. The largest absolute Gasteiger partial charge is 0.351 e. The van der Waals surface area contributed by atoms with Crippen molar-refractivity contribution in [3.8, 4) is 0 Å². The fourth-order valence-corrected chi connectivity index (χ4v) is 3.76. The van der Waals surface area contributed by atoms with Gasteiger partial charge in [0.25, 0.3) is 5.91 Å².